The van der Waals surface area contributed by atoms with E-state index < -0.39 is 0 Å². The van der Waals surface area contributed by atoms with Gasteiger partial charge in [-0.3, -0.25) is 4.98 Å². The van der Waals surface area contributed by atoms with Crippen LogP contribution in [0.15, 0.2) is 41.1 Å². The van der Waals surface area contributed by atoms with E-state index in [9.17, 15) is 0 Å². The maximum absolute atomic E-state index is 5.92. The van der Waals surface area contributed by atoms with Crippen molar-refractivity contribution in [1.29, 1.82) is 0 Å². The molecule has 0 fully saturated rings. The largest absolute Gasteiger partial charge is 0.493 e. The Balaban J connectivity index is 2.01. The number of ether oxygens (including phenoxy) is 2. The Morgan fingerprint density at radius 1 is 1.25 bits per heavy atom. The second-order valence-corrected chi connectivity index (χ2v) is 6.59. The summed E-state index contributed by atoms with van der Waals surface area (Å²) in [6.07, 6.45) is 3.54. The summed E-state index contributed by atoms with van der Waals surface area (Å²) in [6.45, 7) is 3.17. The minimum atomic E-state index is 0.448. The summed E-state index contributed by atoms with van der Waals surface area (Å²) in [6, 6.07) is 7.94. The molecule has 0 saturated carbocycles. The first-order chi connectivity index (χ1) is 11.6. The number of nitrogens with zero attached hydrogens (tertiary/aromatic N) is 2. The molecule has 0 aliphatic heterocycles. The number of hydrogen-bond acceptors (Lipinski definition) is 5. The van der Waals surface area contributed by atoms with Crippen molar-refractivity contribution < 1.29 is 9.47 Å². The lowest BCUT2D eigenvalue weighted by atomic mass is 10.2. The van der Waals surface area contributed by atoms with Crippen LogP contribution in [0.4, 0.5) is 0 Å². The third kappa shape index (κ3) is 5.78. The predicted molar refractivity (Wildman–Crippen MR) is 99.5 cm³/mol. The number of nitrogens with one attached hydrogen (secondary N) is 1. The van der Waals surface area contributed by atoms with Gasteiger partial charge in [-0.05, 0) is 53.8 Å². The van der Waals surface area contributed by atoms with Crippen molar-refractivity contribution in [3.63, 3.8) is 0 Å². The van der Waals surface area contributed by atoms with E-state index in [0.29, 0.717) is 12.4 Å². The van der Waals surface area contributed by atoms with Crippen molar-refractivity contribution in [3.05, 3.63) is 52.3 Å². The number of methoxy groups -OCH3 is 1. The van der Waals surface area contributed by atoms with Crippen LogP contribution in [0.25, 0.3) is 0 Å². The second kappa shape index (κ2) is 9.61. The molecule has 1 aromatic carbocycles. The lowest BCUT2D eigenvalue weighted by Gasteiger charge is -2.15. The van der Waals surface area contributed by atoms with E-state index in [1.165, 1.54) is 0 Å². The maximum Gasteiger partial charge on any atom is 0.175 e. The summed E-state index contributed by atoms with van der Waals surface area (Å²) in [5.41, 5.74) is 2.16. The van der Waals surface area contributed by atoms with Gasteiger partial charge in [-0.15, -0.1) is 0 Å². The van der Waals surface area contributed by atoms with Gasteiger partial charge in [0.2, 0.25) is 0 Å². The summed E-state index contributed by atoms with van der Waals surface area (Å²) in [5.74, 6) is 1.43. The molecule has 1 heterocycles. The molecule has 0 unspecified atom stereocenters. The molecule has 0 atom stereocenters. The van der Waals surface area contributed by atoms with Crippen molar-refractivity contribution in [2.24, 2.45) is 0 Å². The fourth-order valence-corrected chi connectivity index (χ4v) is 2.79. The molecule has 0 saturated heterocycles. The number of hydrogen-bond donors (Lipinski definition) is 1. The standard InChI is InChI=1S/C18H24BrN3O2/c1-22(2)8-7-21-12-15-9-16(19)18(17(10-15)23-3)24-13-14-5-4-6-20-11-14/h4-6,9-11,21H,7-8,12-13H2,1-3H3. The number of rotatable bonds is 9. The Kier molecular flexibility index (Phi) is 7.49. The van der Waals surface area contributed by atoms with E-state index in [4.69, 9.17) is 9.47 Å². The van der Waals surface area contributed by atoms with Gasteiger partial charge < -0.3 is 19.7 Å². The predicted octanol–water partition coefficient (Wildman–Crippen LogP) is 3.08. The first-order valence-electron chi connectivity index (χ1n) is 7.83. The molecule has 2 aromatic rings. The Morgan fingerprint density at radius 2 is 2.08 bits per heavy atom. The zero-order valence-corrected chi connectivity index (χ0v) is 16.0. The van der Waals surface area contributed by atoms with Crippen LogP contribution in [-0.2, 0) is 13.2 Å². The third-order valence-electron chi connectivity index (χ3n) is 3.46. The van der Waals surface area contributed by atoms with Gasteiger partial charge in [-0.2, -0.15) is 0 Å². The number of halogens is 1. The molecule has 0 amide bonds. The fraction of sp³-hybridized carbons (Fsp3) is 0.389. The molecule has 0 spiro atoms. The summed E-state index contributed by atoms with van der Waals surface area (Å²) in [5, 5.41) is 3.42. The van der Waals surface area contributed by atoms with Gasteiger partial charge in [0, 0.05) is 37.6 Å². The molecule has 1 aromatic heterocycles. The van der Waals surface area contributed by atoms with Crippen LogP contribution >= 0.6 is 15.9 Å². The van der Waals surface area contributed by atoms with Gasteiger partial charge in [0.15, 0.2) is 11.5 Å². The Bertz CT molecular complexity index is 636. The fourth-order valence-electron chi connectivity index (χ4n) is 2.19. The normalized spacial score (nSPS) is 10.9. The summed E-state index contributed by atoms with van der Waals surface area (Å²) < 4.78 is 12.3. The Labute approximate surface area is 152 Å². The molecule has 0 bridgehead atoms. The zero-order valence-electron chi connectivity index (χ0n) is 14.4. The molecule has 1 N–H and O–H groups in total. The van der Waals surface area contributed by atoms with E-state index in [1.54, 1.807) is 19.5 Å². The quantitative estimate of drug-likeness (QED) is 0.663. The van der Waals surface area contributed by atoms with E-state index in [-0.39, 0.29) is 0 Å². The molecule has 0 aliphatic carbocycles. The second-order valence-electron chi connectivity index (χ2n) is 5.74. The van der Waals surface area contributed by atoms with E-state index in [2.05, 4.69) is 51.3 Å². The Morgan fingerprint density at radius 3 is 2.75 bits per heavy atom. The Hall–Kier alpha value is -1.63. The van der Waals surface area contributed by atoms with E-state index >= 15 is 0 Å². The number of benzene rings is 1. The SMILES string of the molecule is COc1cc(CNCCN(C)C)cc(Br)c1OCc1cccnc1. The van der Waals surface area contributed by atoms with Crippen LogP contribution in [0.1, 0.15) is 11.1 Å². The lowest BCUT2D eigenvalue weighted by Crippen LogP contribution is -2.26. The highest BCUT2D eigenvalue weighted by atomic mass is 79.9. The topological polar surface area (TPSA) is 46.6 Å². The molecule has 2 rings (SSSR count). The minimum Gasteiger partial charge on any atom is -0.493 e. The van der Waals surface area contributed by atoms with Crippen molar-refractivity contribution in [1.82, 2.24) is 15.2 Å². The number of aromatic nitrogens is 1. The van der Waals surface area contributed by atoms with Crippen LogP contribution in [0.5, 0.6) is 11.5 Å². The molecular formula is C18H24BrN3O2. The van der Waals surface area contributed by atoms with Crippen LogP contribution in [-0.4, -0.2) is 44.2 Å². The molecule has 6 heteroatoms. The number of likely N-dealkylation sites (N-methyl/N-ethyl adjacent to an activating group) is 1. The smallest absolute Gasteiger partial charge is 0.175 e. The van der Waals surface area contributed by atoms with Crippen LogP contribution in [0, 0.1) is 0 Å². The van der Waals surface area contributed by atoms with Crippen LogP contribution in [0.3, 0.4) is 0 Å². The average molecular weight is 394 g/mol. The molecule has 24 heavy (non-hydrogen) atoms. The highest BCUT2D eigenvalue weighted by Gasteiger charge is 2.12. The maximum atomic E-state index is 5.92. The van der Waals surface area contributed by atoms with Crippen molar-refractivity contribution in [2.45, 2.75) is 13.2 Å². The highest BCUT2D eigenvalue weighted by molar-refractivity contribution is 9.10. The zero-order chi connectivity index (χ0) is 17.4. The van der Waals surface area contributed by atoms with Crippen LogP contribution in [0.2, 0.25) is 0 Å². The van der Waals surface area contributed by atoms with Crippen molar-refractivity contribution in [3.8, 4) is 11.5 Å². The van der Waals surface area contributed by atoms with Gasteiger partial charge in [0.05, 0.1) is 11.6 Å². The summed E-state index contributed by atoms with van der Waals surface area (Å²) in [4.78, 5) is 6.25. The van der Waals surface area contributed by atoms with Gasteiger partial charge in [0.1, 0.15) is 6.61 Å². The monoisotopic (exact) mass is 393 g/mol. The van der Waals surface area contributed by atoms with E-state index in [1.807, 2.05) is 18.2 Å². The first kappa shape index (κ1) is 18.7. The van der Waals surface area contributed by atoms with Gasteiger partial charge >= 0.3 is 0 Å². The van der Waals surface area contributed by atoms with Crippen molar-refractivity contribution >= 4 is 15.9 Å². The van der Waals surface area contributed by atoms with E-state index in [0.717, 1.165) is 41.0 Å². The third-order valence-corrected chi connectivity index (χ3v) is 4.05. The highest BCUT2D eigenvalue weighted by Crippen LogP contribution is 2.37. The van der Waals surface area contributed by atoms with Crippen molar-refractivity contribution in [2.75, 3.05) is 34.3 Å². The molecule has 130 valence electrons. The number of pyridine rings is 1. The molecule has 5 nitrogen and oxygen atoms in total. The molecular weight excluding hydrogens is 370 g/mol. The first-order valence-corrected chi connectivity index (χ1v) is 8.63. The molecule has 0 radical (unpaired) electrons. The van der Waals surface area contributed by atoms with Gasteiger partial charge in [-0.1, -0.05) is 6.07 Å². The summed E-state index contributed by atoms with van der Waals surface area (Å²) in [7, 11) is 5.79. The minimum absolute atomic E-state index is 0.448. The van der Waals surface area contributed by atoms with Gasteiger partial charge in [0.25, 0.3) is 0 Å². The lowest BCUT2D eigenvalue weighted by molar-refractivity contribution is 0.282. The average Bonchev–Trinajstić information content (AvgIpc) is 2.58. The molecule has 0 aliphatic rings. The summed E-state index contributed by atoms with van der Waals surface area (Å²) >= 11 is 3.59. The van der Waals surface area contributed by atoms with Crippen LogP contribution < -0.4 is 14.8 Å². The van der Waals surface area contributed by atoms with Gasteiger partial charge in [-0.25, -0.2) is 0 Å².